The van der Waals surface area contributed by atoms with Crippen LogP contribution in [0.5, 0.6) is 0 Å². The highest BCUT2D eigenvalue weighted by Gasteiger charge is 2.44. The van der Waals surface area contributed by atoms with Gasteiger partial charge in [-0.2, -0.15) is 4.98 Å². The van der Waals surface area contributed by atoms with Crippen LogP contribution in [0.25, 0.3) is 0 Å². The van der Waals surface area contributed by atoms with Crippen LogP contribution in [0, 0.1) is 11.8 Å². The van der Waals surface area contributed by atoms with Gasteiger partial charge in [0.2, 0.25) is 27.6 Å². The molecule has 3 N–H and O–H groups in total. The number of nitrogens with one attached hydrogen (secondary N) is 3. The highest BCUT2D eigenvalue weighted by molar-refractivity contribution is 7.88. The van der Waals surface area contributed by atoms with E-state index in [9.17, 15) is 22.8 Å². The molecule has 0 bridgehead atoms. The minimum absolute atomic E-state index is 0.0879. The summed E-state index contributed by atoms with van der Waals surface area (Å²) in [7, 11) is -3.75. The van der Waals surface area contributed by atoms with Gasteiger partial charge in [0, 0.05) is 24.4 Å². The van der Waals surface area contributed by atoms with E-state index in [0.717, 1.165) is 69.9 Å². The number of ketones is 1. The van der Waals surface area contributed by atoms with E-state index in [4.69, 9.17) is 20.9 Å². The van der Waals surface area contributed by atoms with Crippen LogP contribution in [0.1, 0.15) is 99.6 Å². The van der Waals surface area contributed by atoms with Gasteiger partial charge >= 0.3 is 0 Å². The van der Waals surface area contributed by atoms with E-state index in [1.54, 1.807) is 12.1 Å². The molecule has 2 aromatic rings. The second kappa shape index (κ2) is 18.0. The molecular formula is C35H51ClN6O7S. The number of hydrogen-bond acceptors (Lipinski definition) is 10. The Hall–Kier alpha value is -2.91. The molecule has 3 aliphatic rings. The summed E-state index contributed by atoms with van der Waals surface area (Å²) in [5, 5.41) is 10.8. The molecule has 0 spiro atoms. The number of aryl methyl sites for hydroxylation is 1. The zero-order valence-corrected chi connectivity index (χ0v) is 30.6. The molecule has 2 aliphatic heterocycles. The summed E-state index contributed by atoms with van der Waals surface area (Å²) in [5.74, 6) is -0.591. The molecule has 2 amide bonds. The van der Waals surface area contributed by atoms with Crippen LogP contribution in [-0.4, -0.2) is 91.2 Å². The number of amides is 2. The van der Waals surface area contributed by atoms with E-state index in [2.05, 4.69) is 25.5 Å². The van der Waals surface area contributed by atoms with Gasteiger partial charge in [-0.1, -0.05) is 67.9 Å². The molecule has 3 heterocycles. The molecule has 50 heavy (non-hydrogen) atoms. The van der Waals surface area contributed by atoms with Crippen molar-refractivity contribution in [1.29, 1.82) is 0 Å². The Morgan fingerprint density at radius 1 is 1.06 bits per heavy atom. The van der Waals surface area contributed by atoms with Gasteiger partial charge < -0.3 is 24.8 Å². The Balaban J connectivity index is 1.37. The van der Waals surface area contributed by atoms with Gasteiger partial charge in [-0.05, 0) is 74.7 Å². The van der Waals surface area contributed by atoms with Gasteiger partial charge in [-0.3, -0.25) is 14.4 Å². The third-order valence-electron chi connectivity index (χ3n) is 10.1. The number of ether oxygens (including phenoxy) is 1. The first-order valence-electron chi connectivity index (χ1n) is 18.0. The van der Waals surface area contributed by atoms with E-state index in [-0.39, 0.29) is 31.4 Å². The summed E-state index contributed by atoms with van der Waals surface area (Å²) in [6, 6.07) is 4.26. The summed E-state index contributed by atoms with van der Waals surface area (Å²) in [4.78, 5) is 48.0. The average Bonchev–Trinajstić information content (AvgIpc) is 3.77. The predicted molar refractivity (Wildman–Crippen MR) is 188 cm³/mol. The Morgan fingerprint density at radius 2 is 1.78 bits per heavy atom. The molecule has 13 nitrogen and oxygen atoms in total. The molecule has 2 saturated heterocycles. The van der Waals surface area contributed by atoms with Gasteiger partial charge in [-0.15, -0.1) is 0 Å². The topological polar surface area (TPSA) is 173 Å². The fourth-order valence-corrected chi connectivity index (χ4v) is 8.23. The molecule has 276 valence electrons. The molecule has 15 heteroatoms. The number of Topliss-reactive ketones (excluding diaryl/α,β-unsaturated/α-hetero) is 1. The van der Waals surface area contributed by atoms with Gasteiger partial charge in [0.1, 0.15) is 12.1 Å². The molecule has 4 atom stereocenters. The number of benzene rings is 1. The van der Waals surface area contributed by atoms with Crippen molar-refractivity contribution in [1.82, 2.24) is 30.4 Å². The van der Waals surface area contributed by atoms with Crippen LogP contribution in [0.3, 0.4) is 0 Å². The maximum absolute atomic E-state index is 14.3. The number of nitrogens with zero attached hydrogens (tertiary/aromatic N) is 3. The first-order chi connectivity index (χ1) is 24.0. The molecule has 1 aromatic carbocycles. The lowest BCUT2D eigenvalue weighted by atomic mass is 9.84. The number of piperidine rings is 1. The number of carbonyl (C=O) groups is 3. The fraction of sp³-hybridized carbons (Fsp3) is 0.686. The third-order valence-corrected chi connectivity index (χ3v) is 11.1. The average molecular weight is 735 g/mol. The van der Waals surface area contributed by atoms with E-state index < -0.39 is 51.9 Å². The van der Waals surface area contributed by atoms with Crippen molar-refractivity contribution in [2.75, 3.05) is 25.9 Å². The zero-order valence-electron chi connectivity index (χ0n) is 29.1. The molecular weight excluding hydrogens is 684 g/mol. The summed E-state index contributed by atoms with van der Waals surface area (Å²) >= 11 is 6.05. The van der Waals surface area contributed by atoms with Crippen LogP contribution in [0.4, 0.5) is 0 Å². The van der Waals surface area contributed by atoms with Crippen molar-refractivity contribution >= 4 is 39.2 Å². The van der Waals surface area contributed by atoms with E-state index in [1.807, 2.05) is 19.1 Å². The number of hydrogen-bond donors (Lipinski definition) is 3. The highest BCUT2D eigenvalue weighted by Crippen LogP contribution is 2.30. The SMILES string of the molecule is CCc1noc(C(=O)[C@H](CC2CCCCC2)NC(=O)[C@@H]2C[C@@H](OCc3ccc(Cl)cc3)CN2C(=O)[C@@H](CCC2CCNCC2)NS(C)(=O)=O)n1. The molecule has 1 saturated carbocycles. The van der Waals surface area contributed by atoms with E-state index >= 15 is 0 Å². The number of rotatable bonds is 16. The normalized spacial score (nSPS) is 21.9. The Kier molecular flexibility index (Phi) is 13.8. The molecule has 0 unspecified atom stereocenters. The quantitative estimate of drug-likeness (QED) is 0.215. The van der Waals surface area contributed by atoms with Crippen molar-refractivity contribution in [3.63, 3.8) is 0 Å². The summed E-state index contributed by atoms with van der Waals surface area (Å²) in [5.41, 5.74) is 0.878. The second-order valence-electron chi connectivity index (χ2n) is 14.0. The van der Waals surface area contributed by atoms with E-state index in [0.29, 0.717) is 42.4 Å². The van der Waals surface area contributed by atoms with Crippen molar-refractivity contribution in [3.05, 3.63) is 46.6 Å². The Bertz CT molecular complexity index is 1540. The maximum atomic E-state index is 14.3. The first kappa shape index (κ1) is 38.3. The largest absolute Gasteiger partial charge is 0.372 e. The van der Waals surface area contributed by atoms with Gasteiger partial charge in [0.25, 0.3) is 5.89 Å². The van der Waals surface area contributed by atoms with Crippen molar-refractivity contribution in [2.45, 2.75) is 115 Å². The second-order valence-corrected chi connectivity index (χ2v) is 16.3. The van der Waals surface area contributed by atoms with Crippen LogP contribution < -0.4 is 15.4 Å². The monoisotopic (exact) mass is 734 g/mol. The minimum atomic E-state index is -3.75. The Labute approximate surface area is 300 Å². The van der Waals surface area contributed by atoms with Gasteiger partial charge in [-0.25, -0.2) is 13.1 Å². The molecule has 1 aliphatic carbocycles. The van der Waals surface area contributed by atoms with Crippen LogP contribution in [-0.2, 0) is 37.4 Å². The lowest BCUT2D eigenvalue weighted by Gasteiger charge is -2.31. The van der Waals surface area contributed by atoms with Crippen LogP contribution >= 0.6 is 11.6 Å². The lowest BCUT2D eigenvalue weighted by molar-refractivity contribution is -0.140. The van der Waals surface area contributed by atoms with Crippen LogP contribution in [0.2, 0.25) is 5.02 Å². The number of aromatic nitrogens is 2. The van der Waals surface area contributed by atoms with Crippen LogP contribution in [0.15, 0.2) is 28.8 Å². The van der Waals surface area contributed by atoms with Gasteiger partial charge in [0.15, 0.2) is 5.82 Å². The molecule has 3 fully saturated rings. The van der Waals surface area contributed by atoms with Gasteiger partial charge in [0.05, 0.1) is 25.0 Å². The summed E-state index contributed by atoms with van der Waals surface area (Å²) in [6.45, 7) is 3.95. The summed E-state index contributed by atoms with van der Waals surface area (Å²) in [6.07, 6.45) is 9.65. The molecule has 1 aromatic heterocycles. The minimum Gasteiger partial charge on any atom is -0.372 e. The molecule has 0 radical (unpaired) electrons. The standard InChI is InChI=1S/C35H51ClN6O7S/c1-3-31-39-34(49-40-31)32(43)29(19-24-7-5-4-6-8-24)38-33(44)30-20-27(48-22-25-9-12-26(36)13-10-25)21-42(30)35(45)28(41-50(2,46)47)14-11-23-15-17-37-18-16-23/h9-10,12-13,23-24,27-30,37,41H,3-8,11,14-22H2,1-2H3,(H,38,44)/t27-,28-,29+,30+/m1/s1. The Morgan fingerprint density at radius 3 is 2.44 bits per heavy atom. The van der Waals surface area contributed by atoms with Crippen molar-refractivity contribution in [3.8, 4) is 0 Å². The smallest absolute Gasteiger partial charge is 0.296 e. The number of likely N-dealkylation sites (tertiary alicyclic amines) is 1. The fourth-order valence-electron chi connectivity index (χ4n) is 7.37. The maximum Gasteiger partial charge on any atom is 0.296 e. The zero-order chi connectivity index (χ0) is 35.7. The van der Waals surface area contributed by atoms with Crippen molar-refractivity contribution < 1.29 is 32.1 Å². The predicted octanol–water partition coefficient (Wildman–Crippen LogP) is 3.81. The third kappa shape index (κ3) is 11.0. The first-order valence-corrected chi connectivity index (χ1v) is 20.3. The number of sulfonamides is 1. The summed E-state index contributed by atoms with van der Waals surface area (Å²) < 4.78 is 39.0. The van der Waals surface area contributed by atoms with Crippen molar-refractivity contribution in [2.24, 2.45) is 11.8 Å². The van der Waals surface area contributed by atoms with E-state index in [1.165, 1.54) is 4.90 Å². The number of carbonyl (C=O) groups excluding carboxylic acids is 3. The lowest BCUT2D eigenvalue weighted by Crippen LogP contribution is -2.55. The molecule has 5 rings (SSSR count). The number of halogens is 1. The highest BCUT2D eigenvalue weighted by atomic mass is 35.5.